The zero-order valence-electron chi connectivity index (χ0n) is 18.9. The predicted molar refractivity (Wildman–Crippen MR) is 128 cm³/mol. The van der Waals surface area contributed by atoms with E-state index in [0.717, 1.165) is 59.8 Å². The number of hydrogen-bond donors (Lipinski definition) is 1. The van der Waals surface area contributed by atoms with Gasteiger partial charge in [-0.1, -0.05) is 12.1 Å². The van der Waals surface area contributed by atoms with Crippen LogP contribution < -0.4 is 15.0 Å². The van der Waals surface area contributed by atoms with Gasteiger partial charge in [-0.25, -0.2) is 13.9 Å². The number of anilines is 1. The number of nitrogens with zero attached hydrogens (tertiary/aromatic N) is 4. The van der Waals surface area contributed by atoms with E-state index < -0.39 is 0 Å². The van der Waals surface area contributed by atoms with Gasteiger partial charge in [-0.3, -0.25) is 4.79 Å². The number of aromatic nitrogens is 3. The lowest BCUT2D eigenvalue weighted by atomic mass is 9.95. The third kappa shape index (κ3) is 4.57. The minimum Gasteiger partial charge on any atom is -0.497 e. The molecule has 0 spiro atoms. The number of fused-ring (bicyclic) bond motifs is 1. The Hall–Kier alpha value is -3.94. The lowest BCUT2D eigenvalue weighted by Crippen LogP contribution is -2.40. The fourth-order valence-electron chi connectivity index (χ4n) is 4.34. The number of halogens is 1. The van der Waals surface area contributed by atoms with Crippen LogP contribution in [0.3, 0.4) is 0 Å². The summed E-state index contributed by atoms with van der Waals surface area (Å²) in [5, 5.41) is 7.69. The molecule has 1 aliphatic rings. The van der Waals surface area contributed by atoms with Crippen LogP contribution in [-0.2, 0) is 11.3 Å². The summed E-state index contributed by atoms with van der Waals surface area (Å²) in [6.45, 7) is 1.99. The van der Waals surface area contributed by atoms with E-state index in [1.165, 1.54) is 12.1 Å². The van der Waals surface area contributed by atoms with Crippen molar-refractivity contribution >= 4 is 17.2 Å². The molecule has 1 N–H and O–H groups in total. The van der Waals surface area contributed by atoms with E-state index in [-0.39, 0.29) is 17.6 Å². The van der Waals surface area contributed by atoms with E-state index in [4.69, 9.17) is 4.74 Å². The Labute approximate surface area is 197 Å². The second kappa shape index (κ2) is 9.51. The van der Waals surface area contributed by atoms with Gasteiger partial charge in [-0.05, 0) is 60.9 Å². The van der Waals surface area contributed by atoms with Gasteiger partial charge in [0.05, 0.1) is 12.8 Å². The van der Waals surface area contributed by atoms with Crippen LogP contribution in [0.15, 0.2) is 67.0 Å². The minimum absolute atomic E-state index is 0.0195. The van der Waals surface area contributed by atoms with Crippen molar-refractivity contribution in [2.45, 2.75) is 19.4 Å². The Kier molecular flexibility index (Phi) is 6.12. The van der Waals surface area contributed by atoms with E-state index in [9.17, 15) is 9.18 Å². The van der Waals surface area contributed by atoms with Crippen molar-refractivity contribution < 1.29 is 13.9 Å². The molecule has 0 atom stereocenters. The molecule has 0 bridgehead atoms. The molecule has 34 heavy (non-hydrogen) atoms. The van der Waals surface area contributed by atoms with E-state index in [2.05, 4.69) is 20.3 Å². The number of nitrogens with one attached hydrogen (secondary N) is 1. The zero-order valence-corrected chi connectivity index (χ0v) is 18.9. The fraction of sp³-hybridized carbons (Fsp3) is 0.269. The summed E-state index contributed by atoms with van der Waals surface area (Å²) in [5.41, 5.74) is 3.55. The number of rotatable bonds is 6. The first-order valence-electron chi connectivity index (χ1n) is 11.4. The molecule has 1 saturated heterocycles. The Morgan fingerprint density at radius 2 is 1.85 bits per heavy atom. The van der Waals surface area contributed by atoms with Crippen molar-refractivity contribution in [3.63, 3.8) is 0 Å². The van der Waals surface area contributed by atoms with Gasteiger partial charge in [0.25, 0.3) is 0 Å². The van der Waals surface area contributed by atoms with Crippen LogP contribution in [0.25, 0.3) is 16.8 Å². The third-order valence-electron chi connectivity index (χ3n) is 6.30. The van der Waals surface area contributed by atoms with Crippen molar-refractivity contribution in [3.8, 4) is 17.0 Å². The maximum absolute atomic E-state index is 13.3. The molecule has 2 aromatic carbocycles. The molecule has 1 aliphatic heterocycles. The molecule has 0 unspecified atom stereocenters. The van der Waals surface area contributed by atoms with Crippen molar-refractivity contribution in [1.29, 1.82) is 0 Å². The van der Waals surface area contributed by atoms with Crippen LogP contribution in [0.1, 0.15) is 18.4 Å². The number of piperidine rings is 1. The van der Waals surface area contributed by atoms with Gasteiger partial charge in [0.1, 0.15) is 17.1 Å². The Balaban J connectivity index is 1.23. The molecule has 1 amide bonds. The monoisotopic (exact) mass is 459 g/mol. The van der Waals surface area contributed by atoms with E-state index >= 15 is 0 Å². The molecule has 8 heteroatoms. The van der Waals surface area contributed by atoms with Crippen LogP contribution in [0.4, 0.5) is 10.2 Å². The number of benzene rings is 2. The highest BCUT2D eigenvalue weighted by molar-refractivity contribution is 5.79. The van der Waals surface area contributed by atoms with Gasteiger partial charge in [0, 0.05) is 43.5 Å². The molecule has 174 valence electrons. The first kappa shape index (κ1) is 21.9. The molecule has 1 fully saturated rings. The van der Waals surface area contributed by atoms with Gasteiger partial charge in [-0.2, -0.15) is 5.10 Å². The van der Waals surface area contributed by atoms with Gasteiger partial charge in [0.15, 0.2) is 5.82 Å². The SMILES string of the molecule is COc1ccc(CNC(=O)C2CCN(c3nccn4nc(-c5ccc(F)cc5)cc34)CC2)cc1. The number of amides is 1. The Morgan fingerprint density at radius 1 is 1.12 bits per heavy atom. The third-order valence-corrected chi connectivity index (χ3v) is 6.30. The molecular formula is C26H26FN5O2. The fourth-order valence-corrected chi connectivity index (χ4v) is 4.34. The first-order chi connectivity index (χ1) is 16.6. The average Bonchev–Trinajstić information content (AvgIpc) is 3.32. The van der Waals surface area contributed by atoms with Crippen LogP contribution in [-0.4, -0.2) is 40.7 Å². The van der Waals surface area contributed by atoms with Crippen molar-refractivity contribution in [2.75, 3.05) is 25.1 Å². The lowest BCUT2D eigenvalue weighted by Gasteiger charge is -2.32. The number of methoxy groups -OCH3 is 1. The van der Waals surface area contributed by atoms with Crippen LogP contribution >= 0.6 is 0 Å². The van der Waals surface area contributed by atoms with E-state index in [0.29, 0.717) is 6.54 Å². The standard InChI is InChI=1S/C26H26FN5O2/c1-34-22-8-2-18(3-9-22)17-29-26(33)20-10-13-31(14-11-20)25-24-16-23(30-32(24)15-12-28-25)19-4-6-21(27)7-5-19/h2-9,12,15-16,20H,10-11,13-14,17H2,1H3,(H,29,33). The lowest BCUT2D eigenvalue weighted by molar-refractivity contribution is -0.125. The summed E-state index contributed by atoms with van der Waals surface area (Å²) in [5.74, 6) is 1.44. The van der Waals surface area contributed by atoms with Gasteiger partial charge < -0.3 is 15.0 Å². The maximum Gasteiger partial charge on any atom is 0.223 e. The predicted octanol–water partition coefficient (Wildman–Crippen LogP) is 4.08. The highest BCUT2D eigenvalue weighted by Gasteiger charge is 2.26. The molecular weight excluding hydrogens is 433 g/mol. The minimum atomic E-state index is -0.272. The van der Waals surface area contributed by atoms with E-state index in [1.807, 2.05) is 36.5 Å². The quantitative estimate of drug-likeness (QED) is 0.471. The van der Waals surface area contributed by atoms with Crippen LogP contribution in [0.5, 0.6) is 5.75 Å². The zero-order chi connectivity index (χ0) is 23.5. The van der Waals surface area contributed by atoms with E-state index in [1.54, 1.807) is 30.0 Å². The van der Waals surface area contributed by atoms with Crippen LogP contribution in [0, 0.1) is 11.7 Å². The smallest absolute Gasteiger partial charge is 0.223 e. The molecule has 5 rings (SSSR count). The largest absolute Gasteiger partial charge is 0.497 e. The number of hydrogen-bond acceptors (Lipinski definition) is 5. The maximum atomic E-state index is 13.3. The summed E-state index contributed by atoms with van der Waals surface area (Å²) in [7, 11) is 1.64. The molecule has 2 aromatic heterocycles. The second-order valence-corrected chi connectivity index (χ2v) is 8.44. The van der Waals surface area contributed by atoms with Gasteiger partial charge in [0.2, 0.25) is 5.91 Å². The molecule has 0 radical (unpaired) electrons. The molecule has 0 aliphatic carbocycles. The highest BCUT2D eigenvalue weighted by Crippen LogP contribution is 2.28. The topological polar surface area (TPSA) is 71.8 Å². The van der Waals surface area contributed by atoms with Crippen molar-refractivity contribution in [3.05, 3.63) is 78.4 Å². The number of ether oxygens (including phenoxy) is 1. The summed E-state index contributed by atoms with van der Waals surface area (Å²) >= 11 is 0. The number of carbonyl (C=O) groups is 1. The number of carbonyl (C=O) groups excluding carboxylic acids is 1. The molecule has 3 heterocycles. The Morgan fingerprint density at radius 3 is 2.56 bits per heavy atom. The second-order valence-electron chi connectivity index (χ2n) is 8.44. The van der Waals surface area contributed by atoms with Crippen molar-refractivity contribution in [2.24, 2.45) is 5.92 Å². The highest BCUT2D eigenvalue weighted by atomic mass is 19.1. The van der Waals surface area contributed by atoms with Gasteiger partial charge in [-0.15, -0.1) is 0 Å². The van der Waals surface area contributed by atoms with Crippen LogP contribution in [0.2, 0.25) is 0 Å². The normalized spacial score (nSPS) is 14.4. The molecule has 7 nitrogen and oxygen atoms in total. The van der Waals surface area contributed by atoms with Gasteiger partial charge >= 0.3 is 0 Å². The molecule has 4 aromatic rings. The first-order valence-corrected chi connectivity index (χ1v) is 11.4. The summed E-state index contributed by atoms with van der Waals surface area (Å²) in [6.07, 6.45) is 5.06. The average molecular weight is 460 g/mol. The summed E-state index contributed by atoms with van der Waals surface area (Å²) in [6, 6.07) is 16.0. The molecule has 0 saturated carbocycles. The summed E-state index contributed by atoms with van der Waals surface area (Å²) < 4.78 is 20.3. The summed E-state index contributed by atoms with van der Waals surface area (Å²) in [4.78, 5) is 19.5. The Bertz CT molecular complexity index is 1280. The van der Waals surface area contributed by atoms with Crippen molar-refractivity contribution in [1.82, 2.24) is 19.9 Å².